The molecule has 0 unspecified atom stereocenters. The first kappa shape index (κ1) is 21.0. The number of aromatic nitrogens is 3. The summed E-state index contributed by atoms with van der Waals surface area (Å²) in [4.78, 5) is 26.7. The van der Waals surface area contributed by atoms with E-state index in [1.165, 1.54) is 11.6 Å². The molecule has 35 heavy (non-hydrogen) atoms. The highest BCUT2D eigenvalue weighted by Gasteiger charge is 2.37. The van der Waals surface area contributed by atoms with Crippen LogP contribution in [0.5, 0.6) is 11.5 Å². The number of hydrogen-bond acceptors (Lipinski definition) is 4. The molecule has 0 saturated carbocycles. The summed E-state index contributed by atoms with van der Waals surface area (Å²) < 4.78 is 11.1. The number of phenols is 1. The molecule has 1 N–H and O–H groups in total. The maximum Gasteiger partial charge on any atom is 0.331 e. The van der Waals surface area contributed by atoms with Gasteiger partial charge in [0.05, 0.1) is 28.0 Å². The summed E-state index contributed by atoms with van der Waals surface area (Å²) in [5, 5.41) is 11.2. The number of fused-ring (bicyclic) bond motifs is 5. The van der Waals surface area contributed by atoms with Crippen molar-refractivity contribution >= 4 is 10.9 Å². The summed E-state index contributed by atoms with van der Waals surface area (Å²) in [5.41, 5.74) is 4.22. The molecule has 0 spiro atoms. The number of ether oxygens (including phenoxy) is 1. The van der Waals surface area contributed by atoms with Crippen LogP contribution < -0.4 is 16.0 Å². The van der Waals surface area contributed by atoms with Crippen molar-refractivity contribution in [3.63, 3.8) is 0 Å². The summed E-state index contributed by atoms with van der Waals surface area (Å²) in [6.07, 6.45) is -0.745. The first-order chi connectivity index (χ1) is 16.9. The first-order valence-electron chi connectivity index (χ1n) is 11.3. The third-order valence-corrected chi connectivity index (χ3v) is 6.75. The van der Waals surface area contributed by atoms with Crippen LogP contribution in [-0.2, 0) is 14.1 Å². The zero-order valence-corrected chi connectivity index (χ0v) is 19.5. The van der Waals surface area contributed by atoms with Gasteiger partial charge < -0.3 is 14.4 Å². The van der Waals surface area contributed by atoms with Gasteiger partial charge in [0.1, 0.15) is 11.5 Å². The quantitative estimate of drug-likeness (QED) is 0.424. The molecule has 3 heterocycles. The van der Waals surface area contributed by atoms with Gasteiger partial charge in [0.25, 0.3) is 5.56 Å². The van der Waals surface area contributed by atoms with Crippen molar-refractivity contribution in [3.05, 3.63) is 110 Å². The molecular weight excluding hydrogens is 442 g/mol. The molecule has 0 bridgehead atoms. The second kappa shape index (κ2) is 7.50. The van der Waals surface area contributed by atoms with E-state index in [0.29, 0.717) is 33.6 Å². The van der Waals surface area contributed by atoms with Gasteiger partial charge in [-0.2, -0.15) is 0 Å². The minimum absolute atomic E-state index is 0.0727. The van der Waals surface area contributed by atoms with Crippen molar-refractivity contribution in [3.8, 4) is 28.4 Å². The van der Waals surface area contributed by atoms with E-state index < -0.39 is 11.8 Å². The predicted molar refractivity (Wildman–Crippen MR) is 135 cm³/mol. The summed E-state index contributed by atoms with van der Waals surface area (Å²) >= 11 is 0. The summed E-state index contributed by atoms with van der Waals surface area (Å²) in [6.45, 7) is 2.01. The summed E-state index contributed by atoms with van der Waals surface area (Å²) in [7, 11) is 3.15. The third-order valence-electron chi connectivity index (χ3n) is 6.75. The van der Waals surface area contributed by atoms with Crippen molar-refractivity contribution < 1.29 is 9.84 Å². The van der Waals surface area contributed by atoms with E-state index in [4.69, 9.17) is 4.74 Å². The molecule has 1 aliphatic heterocycles. The Morgan fingerprint density at radius 1 is 0.857 bits per heavy atom. The minimum Gasteiger partial charge on any atom is -0.508 e. The van der Waals surface area contributed by atoms with Gasteiger partial charge in [0.2, 0.25) is 0 Å². The Bertz CT molecular complexity index is 1760. The highest BCUT2D eigenvalue weighted by Crippen LogP contribution is 2.47. The number of nitrogens with zero attached hydrogens (tertiary/aromatic N) is 3. The molecule has 0 fully saturated rings. The van der Waals surface area contributed by atoms with Gasteiger partial charge in [-0.1, -0.05) is 60.2 Å². The van der Waals surface area contributed by atoms with Crippen molar-refractivity contribution in [2.75, 3.05) is 0 Å². The largest absolute Gasteiger partial charge is 0.508 e. The van der Waals surface area contributed by atoms with Gasteiger partial charge in [-0.3, -0.25) is 13.9 Å². The number of aromatic hydroxyl groups is 1. The van der Waals surface area contributed by atoms with Crippen molar-refractivity contribution in [2.45, 2.75) is 13.0 Å². The molecule has 0 aliphatic carbocycles. The summed E-state index contributed by atoms with van der Waals surface area (Å²) in [5.74, 6) is 0.687. The number of para-hydroxylation sites is 3. The third kappa shape index (κ3) is 2.91. The van der Waals surface area contributed by atoms with Gasteiger partial charge in [0, 0.05) is 19.7 Å². The van der Waals surface area contributed by atoms with E-state index in [2.05, 4.69) is 0 Å². The average Bonchev–Trinajstić information content (AvgIpc) is 3.23. The maximum atomic E-state index is 13.6. The lowest BCUT2D eigenvalue weighted by atomic mass is 10.0. The Morgan fingerprint density at radius 3 is 2.29 bits per heavy atom. The fourth-order valence-electron chi connectivity index (χ4n) is 5.02. The van der Waals surface area contributed by atoms with Gasteiger partial charge in [0.15, 0.2) is 6.10 Å². The number of rotatable bonds is 2. The topological polar surface area (TPSA) is 78.4 Å². The summed E-state index contributed by atoms with van der Waals surface area (Å²) in [6, 6.07) is 22.5. The van der Waals surface area contributed by atoms with E-state index in [1.807, 2.05) is 66.1 Å². The molecule has 174 valence electrons. The van der Waals surface area contributed by atoms with E-state index in [1.54, 1.807) is 25.2 Å². The zero-order chi connectivity index (χ0) is 24.4. The van der Waals surface area contributed by atoms with Crippen LogP contribution in [0.4, 0.5) is 0 Å². The van der Waals surface area contributed by atoms with Gasteiger partial charge in [-0.25, -0.2) is 4.79 Å². The van der Waals surface area contributed by atoms with Crippen LogP contribution >= 0.6 is 0 Å². The number of aryl methyl sites for hydroxylation is 2. The number of phenolic OH excluding ortho intramolecular Hbond substituents is 1. The van der Waals surface area contributed by atoms with Gasteiger partial charge >= 0.3 is 5.69 Å². The molecule has 7 nitrogen and oxygen atoms in total. The Balaban J connectivity index is 1.88. The lowest BCUT2D eigenvalue weighted by Gasteiger charge is -2.30. The lowest BCUT2D eigenvalue weighted by Crippen LogP contribution is -2.37. The smallest absolute Gasteiger partial charge is 0.331 e. The van der Waals surface area contributed by atoms with Crippen molar-refractivity contribution in [1.82, 2.24) is 13.7 Å². The van der Waals surface area contributed by atoms with Crippen LogP contribution in [0.15, 0.2) is 82.4 Å². The molecule has 0 radical (unpaired) electrons. The number of hydrogen-bond donors (Lipinski definition) is 1. The molecule has 6 rings (SSSR count). The van der Waals surface area contributed by atoms with E-state index in [-0.39, 0.29) is 11.3 Å². The SMILES string of the molecule is Cc1ccc(-c2c3c(=O)n(C)c(=O)n(C)c3c3n2-c2ccccc2O[C@H]3c2ccccc2O)cc1. The Labute approximate surface area is 200 Å². The molecule has 1 atom stereocenters. The lowest BCUT2D eigenvalue weighted by molar-refractivity contribution is 0.224. The molecule has 7 heteroatoms. The normalized spacial score (nSPS) is 14.4. The average molecular weight is 466 g/mol. The monoisotopic (exact) mass is 465 g/mol. The van der Waals surface area contributed by atoms with E-state index in [9.17, 15) is 14.7 Å². The maximum absolute atomic E-state index is 13.6. The van der Waals surface area contributed by atoms with Gasteiger partial charge in [-0.05, 0) is 30.7 Å². The Kier molecular flexibility index (Phi) is 4.51. The second-order valence-corrected chi connectivity index (χ2v) is 8.89. The highest BCUT2D eigenvalue weighted by atomic mass is 16.5. The highest BCUT2D eigenvalue weighted by molar-refractivity contribution is 5.98. The standard InChI is InChI=1S/C28H23N3O4/c1-16-12-14-17(15-13-16)23-22-24(29(2)28(34)30(3)27(22)33)25-26(18-8-4-6-10-20(18)32)35-21-11-7-5-9-19(21)31(23)25/h4-15,26,32H,1-3H3/t26-/m0/s1. The molecule has 3 aromatic carbocycles. The van der Waals surface area contributed by atoms with Crippen LogP contribution in [0.2, 0.25) is 0 Å². The Morgan fingerprint density at radius 2 is 1.54 bits per heavy atom. The molecule has 2 aromatic heterocycles. The zero-order valence-electron chi connectivity index (χ0n) is 19.5. The van der Waals surface area contributed by atoms with Crippen LogP contribution in [0.3, 0.4) is 0 Å². The fraction of sp³-hybridized carbons (Fsp3) is 0.143. The van der Waals surface area contributed by atoms with Crippen molar-refractivity contribution in [2.24, 2.45) is 14.1 Å². The van der Waals surface area contributed by atoms with E-state index in [0.717, 1.165) is 21.4 Å². The molecular formula is C28H23N3O4. The van der Waals surface area contributed by atoms with Crippen molar-refractivity contribution in [1.29, 1.82) is 0 Å². The van der Waals surface area contributed by atoms with Crippen LogP contribution in [0, 0.1) is 6.92 Å². The Hall–Kier alpha value is -4.52. The minimum atomic E-state index is -0.745. The fourth-order valence-corrected chi connectivity index (χ4v) is 5.02. The first-order valence-corrected chi connectivity index (χ1v) is 11.3. The predicted octanol–water partition coefficient (Wildman–Crippen LogP) is 4.19. The van der Waals surface area contributed by atoms with Gasteiger partial charge in [-0.15, -0.1) is 0 Å². The molecule has 0 saturated heterocycles. The van der Waals surface area contributed by atoms with E-state index >= 15 is 0 Å². The van der Waals surface area contributed by atoms with Crippen LogP contribution in [-0.4, -0.2) is 18.8 Å². The van der Waals surface area contributed by atoms with Crippen LogP contribution in [0.1, 0.15) is 22.9 Å². The second-order valence-electron chi connectivity index (χ2n) is 8.89. The molecule has 5 aromatic rings. The molecule has 0 amide bonds. The number of benzene rings is 3. The van der Waals surface area contributed by atoms with Crippen LogP contribution in [0.25, 0.3) is 27.8 Å². The molecule has 1 aliphatic rings.